The zero-order chi connectivity index (χ0) is 17.7. The summed E-state index contributed by atoms with van der Waals surface area (Å²) in [4.78, 5) is 25.8. The van der Waals surface area contributed by atoms with Crippen LogP contribution in [0.1, 0.15) is 6.42 Å². The molecule has 1 aliphatic heterocycles. The lowest BCUT2D eigenvalue weighted by Crippen LogP contribution is -2.33. The number of carbonyl (C=O) groups is 2. The molecule has 130 valence electrons. The number of carbonyl (C=O) groups excluding carboxylic acids is 2. The Morgan fingerprint density at radius 1 is 1.46 bits per heavy atom. The van der Waals surface area contributed by atoms with Crippen molar-refractivity contribution in [3.8, 4) is 5.75 Å². The van der Waals surface area contributed by atoms with E-state index in [0.717, 1.165) is 11.7 Å². The molecule has 24 heavy (non-hydrogen) atoms. The Morgan fingerprint density at radius 3 is 2.88 bits per heavy atom. The van der Waals surface area contributed by atoms with Gasteiger partial charge in [-0.1, -0.05) is 12.1 Å². The zero-order valence-corrected chi connectivity index (χ0v) is 14.4. The maximum atomic E-state index is 12.2. The highest BCUT2D eigenvalue weighted by Gasteiger charge is 2.34. The molecule has 0 spiro atoms. The van der Waals surface area contributed by atoms with Crippen molar-refractivity contribution in [3.63, 3.8) is 0 Å². The van der Waals surface area contributed by atoms with Crippen LogP contribution in [0.5, 0.6) is 5.75 Å². The van der Waals surface area contributed by atoms with Gasteiger partial charge in [-0.2, -0.15) is 0 Å². The Balaban J connectivity index is 1.96. The van der Waals surface area contributed by atoms with Crippen molar-refractivity contribution in [3.05, 3.63) is 35.7 Å². The molecule has 0 radical (unpaired) electrons. The van der Waals surface area contributed by atoms with Gasteiger partial charge < -0.3 is 15.0 Å². The lowest BCUT2D eigenvalue weighted by atomic mass is 10.1. The summed E-state index contributed by atoms with van der Waals surface area (Å²) >= 11 is 0. The van der Waals surface area contributed by atoms with E-state index in [-0.39, 0.29) is 31.3 Å². The summed E-state index contributed by atoms with van der Waals surface area (Å²) in [6, 6.07) is 7.09. The van der Waals surface area contributed by atoms with E-state index in [9.17, 15) is 18.0 Å². The minimum atomic E-state index is -3.21. The molecule has 1 aromatic carbocycles. The molecule has 2 amide bonds. The van der Waals surface area contributed by atoms with E-state index in [2.05, 4.69) is 5.32 Å². The van der Waals surface area contributed by atoms with Crippen molar-refractivity contribution in [1.29, 1.82) is 0 Å². The number of sulfone groups is 1. The fraction of sp³-hybridized carbons (Fsp3) is 0.375. The fourth-order valence-electron chi connectivity index (χ4n) is 2.44. The first-order valence-corrected chi connectivity index (χ1v) is 9.34. The third-order valence-electron chi connectivity index (χ3n) is 3.60. The molecule has 0 saturated carbocycles. The van der Waals surface area contributed by atoms with E-state index >= 15 is 0 Å². The molecule has 1 atom stereocenters. The van der Waals surface area contributed by atoms with Crippen LogP contribution < -0.4 is 15.0 Å². The summed E-state index contributed by atoms with van der Waals surface area (Å²) in [5.74, 6) is -0.226. The molecule has 1 N–H and O–H groups in total. The maximum Gasteiger partial charge on any atom is 0.227 e. The van der Waals surface area contributed by atoms with Crippen LogP contribution >= 0.6 is 0 Å². The Bertz CT molecular complexity index is 757. The number of nitrogens with one attached hydrogen (secondary N) is 1. The second-order valence-corrected chi connectivity index (χ2v) is 7.48. The standard InChI is InChI=1S/C16H20N2O5S/c1-23-14-6-3-5-13(10-14)18-11-12(9-15(18)19)16(20)17-7-4-8-24(2,21)22/h3-6,8,10,12H,7,9,11H2,1-2H3,(H,17,20)/b8-4+. The van der Waals surface area contributed by atoms with Crippen molar-refractivity contribution < 1.29 is 22.7 Å². The van der Waals surface area contributed by atoms with Crippen molar-refractivity contribution in [2.75, 3.05) is 31.4 Å². The summed E-state index contributed by atoms with van der Waals surface area (Å²) in [5, 5.41) is 3.66. The van der Waals surface area contributed by atoms with Crippen LogP contribution in [0.2, 0.25) is 0 Å². The van der Waals surface area contributed by atoms with Gasteiger partial charge in [0.25, 0.3) is 0 Å². The molecule has 8 heteroatoms. The molecular weight excluding hydrogens is 332 g/mol. The molecule has 0 aliphatic carbocycles. The third kappa shape index (κ3) is 4.82. The van der Waals surface area contributed by atoms with Crippen LogP contribution in [0.25, 0.3) is 0 Å². The molecule has 1 saturated heterocycles. The Kier molecular flexibility index (Phi) is 5.61. The molecule has 0 aromatic heterocycles. The number of benzene rings is 1. The second kappa shape index (κ2) is 7.48. The number of ether oxygens (including phenoxy) is 1. The molecule has 7 nitrogen and oxygen atoms in total. The fourth-order valence-corrected chi connectivity index (χ4v) is 2.88. The molecular formula is C16H20N2O5S. The van der Waals surface area contributed by atoms with Crippen LogP contribution in [0.3, 0.4) is 0 Å². The summed E-state index contributed by atoms with van der Waals surface area (Å²) in [5.41, 5.74) is 0.687. The SMILES string of the molecule is COc1cccc(N2CC(C(=O)NC/C=C/S(C)(=O)=O)CC2=O)c1. The van der Waals surface area contributed by atoms with E-state index in [1.165, 1.54) is 6.08 Å². The minimum Gasteiger partial charge on any atom is -0.497 e. The molecule has 1 aromatic rings. The van der Waals surface area contributed by atoms with E-state index in [0.29, 0.717) is 11.4 Å². The quantitative estimate of drug-likeness (QED) is 0.814. The van der Waals surface area contributed by atoms with Gasteiger partial charge in [-0.25, -0.2) is 8.42 Å². The number of nitrogens with zero attached hydrogens (tertiary/aromatic N) is 1. The number of amides is 2. The van der Waals surface area contributed by atoms with Crippen molar-refractivity contribution in [1.82, 2.24) is 5.32 Å². The number of anilines is 1. The maximum absolute atomic E-state index is 12.2. The van der Waals surface area contributed by atoms with Gasteiger partial charge in [0, 0.05) is 42.9 Å². The molecule has 0 bridgehead atoms. The Hall–Kier alpha value is -2.35. The van der Waals surface area contributed by atoms with Gasteiger partial charge in [-0.3, -0.25) is 9.59 Å². The van der Waals surface area contributed by atoms with E-state index in [1.54, 1.807) is 36.3 Å². The average molecular weight is 352 g/mol. The first-order valence-electron chi connectivity index (χ1n) is 7.39. The lowest BCUT2D eigenvalue weighted by molar-refractivity contribution is -0.126. The molecule has 1 heterocycles. The summed E-state index contributed by atoms with van der Waals surface area (Å²) < 4.78 is 27.1. The molecule has 1 fully saturated rings. The number of methoxy groups -OCH3 is 1. The third-order valence-corrected chi connectivity index (χ3v) is 4.29. The highest BCUT2D eigenvalue weighted by Crippen LogP contribution is 2.27. The van der Waals surface area contributed by atoms with Crippen LogP contribution in [0.15, 0.2) is 35.7 Å². The summed E-state index contributed by atoms with van der Waals surface area (Å²) in [7, 11) is -1.66. The number of rotatable bonds is 6. The zero-order valence-electron chi connectivity index (χ0n) is 13.6. The van der Waals surface area contributed by atoms with Gasteiger partial charge in [0.2, 0.25) is 11.8 Å². The first kappa shape index (κ1) is 18.0. The summed E-state index contributed by atoms with van der Waals surface area (Å²) in [6.07, 6.45) is 2.57. The molecule has 2 rings (SSSR count). The minimum absolute atomic E-state index is 0.107. The summed E-state index contributed by atoms with van der Waals surface area (Å²) in [6.45, 7) is 0.392. The Labute approximate surface area is 141 Å². The predicted octanol–water partition coefficient (Wildman–Crippen LogP) is 0.723. The van der Waals surface area contributed by atoms with Crippen molar-refractivity contribution >= 4 is 27.3 Å². The highest BCUT2D eigenvalue weighted by atomic mass is 32.2. The topological polar surface area (TPSA) is 92.8 Å². The van der Waals surface area contributed by atoms with Crippen molar-refractivity contribution in [2.24, 2.45) is 5.92 Å². The largest absolute Gasteiger partial charge is 0.497 e. The second-order valence-electron chi connectivity index (χ2n) is 5.55. The van der Waals surface area contributed by atoms with Gasteiger partial charge in [-0.05, 0) is 12.1 Å². The number of hydrogen-bond donors (Lipinski definition) is 1. The van der Waals surface area contributed by atoms with Gasteiger partial charge >= 0.3 is 0 Å². The highest BCUT2D eigenvalue weighted by molar-refractivity contribution is 7.93. The van der Waals surface area contributed by atoms with Gasteiger partial charge in [0.05, 0.1) is 13.0 Å². The molecule has 1 unspecified atom stereocenters. The van der Waals surface area contributed by atoms with Crippen LogP contribution in [0.4, 0.5) is 5.69 Å². The smallest absolute Gasteiger partial charge is 0.227 e. The Morgan fingerprint density at radius 2 is 2.21 bits per heavy atom. The monoisotopic (exact) mass is 352 g/mol. The van der Waals surface area contributed by atoms with E-state index in [1.807, 2.05) is 0 Å². The van der Waals surface area contributed by atoms with Crippen LogP contribution in [-0.4, -0.2) is 46.7 Å². The van der Waals surface area contributed by atoms with E-state index < -0.39 is 15.8 Å². The van der Waals surface area contributed by atoms with Gasteiger partial charge in [0.1, 0.15) is 5.75 Å². The average Bonchev–Trinajstić information content (AvgIpc) is 2.92. The normalized spacial score (nSPS) is 18.2. The van der Waals surface area contributed by atoms with Crippen molar-refractivity contribution in [2.45, 2.75) is 6.42 Å². The van der Waals surface area contributed by atoms with Crippen LogP contribution in [0, 0.1) is 5.92 Å². The molecule has 1 aliphatic rings. The lowest BCUT2D eigenvalue weighted by Gasteiger charge is -2.17. The van der Waals surface area contributed by atoms with Gasteiger partial charge in [0.15, 0.2) is 9.84 Å². The predicted molar refractivity (Wildman–Crippen MR) is 90.4 cm³/mol. The number of hydrogen-bond acceptors (Lipinski definition) is 5. The van der Waals surface area contributed by atoms with Crippen LogP contribution in [-0.2, 0) is 19.4 Å². The first-order chi connectivity index (χ1) is 11.3. The van der Waals surface area contributed by atoms with E-state index in [4.69, 9.17) is 4.74 Å². The van der Waals surface area contributed by atoms with Gasteiger partial charge in [-0.15, -0.1) is 0 Å².